The first kappa shape index (κ1) is 23.2. The summed E-state index contributed by atoms with van der Waals surface area (Å²) in [6.45, 7) is 0.760. The highest BCUT2D eigenvalue weighted by molar-refractivity contribution is 5.86. The molecule has 5 nitrogen and oxygen atoms in total. The maximum atomic E-state index is 12.9. The van der Waals surface area contributed by atoms with Crippen molar-refractivity contribution in [1.82, 2.24) is 5.32 Å². The molecule has 0 aliphatic carbocycles. The van der Waals surface area contributed by atoms with E-state index in [-0.39, 0.29) is 24.5 Å². The number of hydrogen-bond donors (Lipinski definition) is 1. The number of ketones is 1. The molecule has 0 saturated carbocycles. The topological polar surface area (TPSA) is 64.6 Å². The minimum absolute atomic E-state index is 0.0184. The van der Waals surface area contributed by atoms with Gasteiger partial charge in [-0.05, 0) is 35.2 Å². The van der Waals surface area contributed by atoms with E-state index in [2.05, 4.69) is 5.32 Å². The van der Waals surface area contributed by atoms with Crippen molar-refractivity contribution in [2.24, 2.45) is 0 Å². The van der Waals surface area contributed by atoms with E-state index in [1.807, 2.05) is 84.9 Å². The normalized spacial score (nSPS) is 11.5. The predicted octanol–water partition coefficient (Wildman–Crippen LogP) is 4.49. The molecule has 0 bridgehead atoms. The first-order valence-electron chi connectivity index (χ1n) is 10.8. The molecule has 1 atom stereocenters. The summed E-state index contributed by atoms with van der Waals surface area (Å²) >= 11 is 0. The molecular weight excluding hydrogens is 402 g/mol. The molecule has 32 heavy (non-hydrogen) atoms. The van der Waals surface area contributed by atoms with Gasteiger partial charge in [0.25, 0.3) is 0 Å². The Bertz CT molecular complexity index is 972. The van der Waals surface area contributed by atoms with Crippen LogP contribution in [0.4, 0.5) is 0 Å². The number of nitrogens with one attached hydrogen (secondary N) is 1. The summed E-state index contributed by atoms with van der Waals surface area (Å²) < 4.78 is 11.1. The van der Waals surface area contributed by atoms with Crippen LogP contribution in [0.5, 0.6) is 5.75 Å². The van der Waals surface area contributed by atoms with Gasteiger partial charge in [-0.3, -0.25) is 9.59 Å². The van der Waals surface area contributed by atoms with E-state index in [1.54, 1.807) is 7.11 Å². The number of Topliss-reactive ketones (excluding diaryl/α,β-unsaturated/α-hetero) is 1. The van der Waals surface area contributed by atoms with E-state index in [4.69, 9.17) is 9.47 Å². The van der Waals surface area contributed by atoms with Crippen molar-refractivity contribution in [1.29, 1.82) is 0 Å². The molecule has 0 heterocycles. The monoisotopic (exact) mass is 431 g/mol. The molecule has 5 heteroatoms. The SMILES string of the molecule is COc1ccc(CNC(=O)CC[C@H](OCc2ccccc2)C(=O)Cc2ccccc2)cc1. The van der Waals surface area contributed by atoms with Crippen LogP contribution in [0, 0.1) is 0 Å². The van der Waals surface area contributed by atoms with Crippen LogP contribution in [0.3, 0.4) is 0 Å². The van der Waals surface area contributed by atoms with Crippen LogP contribution in [0.2, 0.25) is 0 Å². The third-order valence-electron chi connectivity index (χ3n) is 5.16. The molecule has 0 spiro atoms. The Balaban J connectivity index is 1.54. The van der Waals surface area contributed by atoms with Gasteiger partial charge in [0.2, 0.25) is 5.91 Å². The number of methoxy groups -OCH3 is 1. The van der Waals surface area contributed by atoms with E-state index in [9.17, 15) is 9.59 Å². The summed E-state index contributed by atoms with van der Waals surface area (Å²) in [7, 11) is 1.62. The summed E-state index contributed by atoms with van der Waals surface area (Å²) in [5.74, 6) is 0.645. The molecule has 3 aromatic carbocycles. The van der Waals surface area contributed by atoms with Crippen LogP contribution < -0.4 is 10.1 Å². The van der Waals surface area contributed by atoms with Crippen molar-refractivity contribution in [3.05, 3.63) is 102 Å². The van der Waals surface area contributed by atoms with E-state index in [0.29, 0.717) is 19.6 Å². The standard InChI is InChI=1S/C27H29NO4/c1-31-24-14-12-22(13-15-24)19-28-27(30)17-16-26(32-20-23-10-6-3-7-11-23)25(29)18-21-8-4-2-5-9-21/h2-15,26H,16-20H2,1H3,(H,28,30)/t26-/m0/s1. The van der Waals surface area contributed by atoms with Gasteiger partial charge in [0.15, 0.2) is 5.78 Å². The van der Waals surface area contributed by atoms with Crippen molar-refractivity contribution >= 4 is 11.7 Å². The number of rotatable bonds is 12. The molecule has 166 valence electrons. The van der Waals surface area contributed by atoms with Crippen molar-refractivity contribution in [2.45, 2.75) is 38.5 Å². The maximum Gasteiger partial charge on any atom is 0.220 e. The zero-order valence-corrected chi connectivity index (χ0v) is 18.3. The van der Waals surface area contributed by atoms with Crippen LogP contribution in [0.15, 0.2) is 84.9 Å². The molecule has 0 aliphatic heterocycles. The summed E-state index contributed by atoms with van der Waals surface area (Å²) in [5, 5.41) is 2.91. The molecule has 1 amide bonds. The maximum absolute atomic E-state index is 12.9. The summed E-state index contributed by atoms with van der Waals surface area (Å²) in [6.07, 6.45) is 0.207. The molecule has 0 aromatic heterocycles. The zero-order chi connectivity index (χ0) is 22.6. The van der Waals surface area contributed by atoms with Gasteiger partial charge in [-0.1, -0.05) is 72.8 Å². The highest BCUT2D eigenvalue weighted by Gasteiger charge is 2.21. The number of amides is 1. The number of ether oxygens (including phenoxy) is 2. The van der Waals surface area contributed by atoms with Gasteiger partial charge in [0, 0.05) is 19.4 Å². The molecule has 0 aliphatic rings. The van der Waals surface area contributed by atoms with Crippen molar-refractivity contribution in [2.75, 3.05) is 7.11 Å². The molecule has 0 unspecified atom stereocenters. The largest absolute Gasteiger partial charge is 0.497 e. The Morgan fingerprint density at radius 2 is 1.44 bits per heavy atom. The first-order valence-corrected chi connectivity index (χ1v) is 10.8. The second-order valence-electron chi connectivity index (χ2n) is 7.58. The average molecular weight is 432 g/mol. The lowest BCUT2D eigenvalue weighted by molar-refractivity contribution is -0.132. The van der Waals surface area contributed by atoms with Crippen molar-refractivity contribution < 1.29 is 19.1 Å². The van der Waals surface area contributed by atoms with E-state index in [1.165, 1.54) is 0 Å². The van der Waals surface area contributed by atoms with Gasteiger partial charge >= 0.3 is 0 Å². The lowest BCUT2D eigenvalue weighted by Crippen LogP contribution is -2.29. The van der Waals surface area contributed by atoms with Crippen molar-refractivity contribution in [3.8, 4) is 5.75 Å². The van der Waals surface area contributed by atoms with Gasteiger partial charge in [0.05, 0.1) is 13.7 Å². The highest BCUT2D eigenvalue weighted by Crippen LogP contribution is 2.14. The fraction of sp³-hybridized carbons (Fsp3) is 0.259. The van der Waals surface area contributed by atoms with Gasteiger partial charge in [-0.25, -0.2) is 0 Å². The van der Waals surface area contributed by atoms with Crippen molar-refractivity contribution in [3.63, 3.8) is 0 Å². The Hall–Kier alpha value is -3.44. The van der Waals surface area contributed by atoms with Crippen LogP contribution in [0.25, 0.3) is 0 Å². The summed E-state index contributed by atoms with van der Waals surface area (Å²) in [6, 6.07) is 26.9. The molecular formula is C27H29NO4. The van der Waals surface area contributed by atoms with Crippen LogP contribution in [0.1, 0.15) is 29.5 Å². The van der Waals surface area contributed by atoms with Crippen LogP contribution in [-0.4, -0.2) is 24.9 Å². The smallest absolute Gasteiger partial charge is 0.220 e. The Morgan fingerprint density at radius 3 is 2.06 bits per heavy atom. The quantitative estimate of drug-likeness (QED) is 0.459. The fourth-order valence-electron chi connectivity index (χ4n) is 3.31. The van der Waals surface area contributed by atoms with Gasteiger partial charge in [-0.2, -0.15) is 0 Å². The predicted molar refractivity (Wildman–Crippen MR) is 124 cm³/mol. The lowest BCUT2D eigenvalue weighted by Gasteiger charge is -2.17. The average Bonchev–Trinajstić information content (AvgIpc) is 2.84. The Morgan fingerprint density at radius 1 is 0.812 bits per heavy atom. The summed E-state index contributed by atoms with van der Waals surface area (Å²) in [5.41, 5.74) is 2.92. The molecule has 0 saturated heterocycles. The van der Waals surface area contributed by atoms with E-state index >= 15 is 0 Å². The van der Waals surface area contributed by atoms with E-state index in [0.717, 1.165) is 22.4 Å². The number of carbonyl (C=O) groups excluding carboxylic acids is 2. The van der Waals surface area contributed by atoms with Crippen LogP contribution in [-0.2, 0) is 33.9 Å². The highest BCUT2D eigenvalue weighted by atomic mass is 16.5. The number of benzene rings is 3. The molecule has 0 radical (unpaired) electrons. The fourth-order valence-corrected chi connectivity index (χ4v) is 3.31. The first-order chi connectivity index (χ1) is 15.6. The van der Waals surface area contributed by atoms with E-state index < -0.39 is 6.10 Å². The van der Waals surface area contributed by atoms with Crippen LogP contribution >= 0.6 is 0 Å². The second kappa shape index (κ2) is 12.4. The molecule has 3 aromatic rings. The summed E-state index contributed by atoms with van der Waals surface area (Å²) in [4.78, 5) is 25.3. The van der Waals surface area contributed by atoms with Gasteiger partial charge < -0.3 is 14.8 Å². The Labute approximate surface area is 189 Å². The second-order valence-corrected chi connectivity index (χ2v) is 7.58. The van der Waals surface area contributed by atoms with Gasteiger partial charge in [-0.15, -0.1) is 0 Å². The third-order valence-corrected chi connectivity index (χ3v) is 5.16. The third kappa shape index (κ3) is 7.67. The molecule has 0 fully saturated rings. The number of carbonyl (C=O) groups is 2. The Kier molecular flexibility index (Phi) is 9.02. The molecule has 3 rings (SSSR count). The van der Waals surface area contributed by atoms with Gasteiger partial charge in [0.1, 0.15) is 11.9 Å². The minimum Gasteiger partial charge on any atom is -0.497 e. The lowest BCUT2D eigenvalue weighted by atomic mass is 10.0. The number of hydrogen-bond acceptors (Lipinski definition) is 4. The minimum atomic E-state index is -0.637. The zero-order valence-electron chi connectivity index (χ0n) is 18.3. The molecule has 1 N–H and O–H groups in total.